The molecule has 0 spiro atoms. The zero-order chi connectivity index (χ0) is 14.1. The normalized spacial score (nSPS) is 13.6. The van der Waals surface area contributed by atoms with E-state index in [1.165, 1.54) is 6.42 Å². The summed E-state index contributed by atoms with van der Waals surface area (Å²) in [5.74, 6) is 1.70. The van der Waals surface area contributed by atoms with Crippen LogP contribution < -0.4 is 10.6 Å². The van der Waals surface area contributed by atoms with Crippen molar-refractivity contribution in [2.24, 2.45) is 4.99 Å². The number of nitrogens with one attached hydrogen (secondary N) is 2. The van der Waals surface area contributed by atoms with E-state index in [0.29, 0.717) is 12.6 Å². The zero-order valence-corrected chi connectivity index (χ0v) is 12.4. The molecule has 19 heavy (non-hydrogen) atoms. The van der Waals surface area contributed by atoms with E-state index in [0.717, 1.165) is 24.8 Å². The van der Waals surface area contributed by atoms with Crippen molar-refractivity contribution in [3.63, 3.8) is 0 Å². The van der Waals surface area contributed by atoms with Gasteiger partial charge in [-0.2, -0.15) is 0 Å². The summed E-state index contributed by atoms with van der Waals surface area (Å²) < 4.78 is 5.26. The van der Waals surface area contributed by atoms with Crippen LogP contribution in [0.15, 0.2) is 27.8 Å². The van der Waals surface area contributed by atoms with Crippen molar-refractivity contribution in [2.45, 2.75) is 32.9 Å². The van der Waals surface area contributed by atoms with Gasteiger partial charge in [0.15, 0.2) is 5.96 Å². The van der Waals surface area contributed by atoms with Crippen LogP contribution >= 0.6 is 0 Å². The van der Waals surface area contributed by atoms with Crippen molar-refractivity contribution in [3.05, 3.63) is 24.2 Å². The molecule has 0 fully saturated rings. The quantitative estimate of drug-likeness (QED) is 0.582. The first-order chi connectivity index (χ1) is 9.17. The lowest BCUT2D eigenvalue weighted by molar-refractivity contribution is 0.255. The molecule has 5 heteroatoms. The summed E-state index contributed by atoms with van der Waals surface area (Å²) in [5.41, 5.74) is 0. The van der Waals surface area contributed by atoms with Gasteiger partial charge in [0.2, 0.25) is 0 Å². The molecule has 1 heterocycles. The number of nitrogens with zero attached hydrogens (tertiary/aromatic N) is 2. The van der Waals surface area contributed by atoms with E-state index in [1.54, 1.807) is 13.3 Å². The van der Waals surface area contributed by atoms with Crippen molar-refractivity contribution in [1.29, 1.82) is 0 Å². The molecular formula is C14H26N4O. The van der Waals surface area contributed by atoms with E-state index < -0.39 is 0 Å². The number of guanidine groups is 1. The minimum atomic E-state index is 0.611. The number of rotatable bonds is 7. The fourth-order valence-electron chi connectivity index (χ4n) is 1.69. The molecule has 0 saturated heterocycles. The van der Waals surface area contributed by atoms with E-state index in [4.69, 9.17) is 4.42 Å². The number of hydrogen-bond donors (Lipinski definition) is 2. The van der Waals surface area contributed by atoms with Crippen LogP contribution in [0.4, 0.5) is 0 Å². The second-order valence-electron chi connectivity index (χ2n) is 4.67. The molecule has 0 aliphatic rings. The first-order valence-corrected chi connectivity index (χ1v) is 6.84. The monoisotopic (exact) mass is 266 g/mol. The van der Waals surface area contributed by atoms with Crippen LogP contribution in [0.3, 0.4) is 0 Å². The molecule has 0 unspecified atom stereocenters. The van der Waals surface area contributed by atoms with Crippen LogP contribution in [0.2, 0.25) is 0 Å². The largest absolute Gasteiger partial charge is 0.467 e. The first kappa shape index (κ1) is 15.6. The average molecular weight is 266 g/mol. The summed E-state index contributed by atoms with van der Waals surface area (Å²) in [7, 11) is 3.92. The minimum Gasteiger partial charge on any atom is -0.467 e. The molecule has 2 N–H and O–H groups in total. The Balaban J connectivity index is 2.22. The molecular weight excluding hydrogens is 240 g/mol. The van der Waals surface area contributed by atoms with Gasteiger partial charge in [0.05, 0.1) is 12.8 Å². The van der Waals surface area contributed by atoms with Crippen molar-refractivity contribution in [1.82, 2.24) is 15.5 Å². The van der Waals surface area contributed by atoms with Gasteiger partial charge in [-0.3, -0.25) is 4.99 Å². The lowest BCUT2D eigenvalue weighted by Gasteiger charge is -2.23. The molecule has 0 amide bonds. The molecule has 0 bridgehead atoms. The van der Waals surface area contributed by atoms with Crippen molar-refractivity contribution in [3.8, 4) is 0 Å². The second-order valence-corrected chi connectivity index (χ2v) is 4.67. The summed E-state index contributed by atoms with van der Waals surface area (Å²) in [5, 5.41) is 6.51. The van der Waals surface area contributed by atoms with Gasteiger partial charge >= 0.3 is 0 Å². The molecule has 1 atom stereocenters. The van der Waals surface area contributed by atoms with E-state index in [2.05, 4.69) is 41.4 Å². The molecule has 1 rings (SSSR count). The Labute approximate surface area is 116 Å². The maximum absolute atomic E-state index is 5.26. The van der Waals surface area contributed by atoms with Gasteiger partial charge in [-0.25, -0.2) is 0 Å². The Morgan fingerprint density at radius 3 is 2.84 bits per heavy atom. The lowest BCUT2D eigenvalue weighted by Crippen LogP contribution is -2.42. The summed E-state index contributed by atoms with van der Waals surface area (Å²) in [6, 6.07) is 4.44. The van der Waals surface area contributed by atoms with Gasteiger partial charge in [0, 0.05) is 26.2 Å². The standard InChI is InChI=1S/C14H26N4O/c1-5-12(2)18(4)9-8-16-14(15-3)17-11-13-7-6-10-19-13/h6-7,10,12H,5,8-9,11H2,1-4H3,(H2,15,16,17)/t12-/m1/s1. The van der Waals surface area contributed by atoms with Crippen molar-refractivity contribution in [2.75, 3.05) is 27.2 Å². The number of aliphatic imine (C=N–C) groups is 1. The minimum absolute atomic E-state index is 0.611. The Morgan fingerprint density at radius 2 is 2.26 bits per heavy atom. The van der Waals surface area contributed by atoms with Gasteiger partial charge in [-0.15, -0.1) is 0 Å². The van der Waals surface area contributed by atoms with Crippen LogP contribution in [0, 0.1) is 0 Å². The first-order valence-electron chi connectivity index (χ1n) is 6.84. The highest BCUT2D eigenvalue weighted by Crippen LogP contribution is 1.99. The molecule has 5 nitrogen and oxygen atoms in total. The zero-order valence-electron chi connectivity index (χ0n) is 12.4. The highest BCUT2D eigenvalue weighted by atomic mass is 16.3. The summed E-state index contributed by atoms with van der Waals surface area (Å²) in [4.78, 5) is 6.52. The summed E-state index contributed by atoms with van der Waals surface area (Å²) in [6.07, 6.45) is 2.84. The van der Waals surface area contributed by atoms with E-state index in [1.807, 2.05) is 12.1 Å². The van der Waals surface area contributed by atoms with Gasteiger partial charge in [-0.05, 0) is 32.5 Å². The summed E-state index contributed by atoms with van der Waals surface area (Å²) >= 11 is 0. The molecule has 108 valence electrons. The van der Waals surface area contributed by atoms with E-state index in [-0.39, 0.29) is 0 Å². The smallest absolute Gasteiger partial charge is 0.191 e. The predicted octanol–water partition coefficient (Wildman–Crippen LogP) is 1.67. The predicted molar refractivity (Wildman–Crippen MR) is 79.3 cm³/mol. The maximum Gasteiger partial charge on any atom is 0.191 e. The molecule has 0 aliphatic carbocycles. The highest BCUT2D eigenvalue weighted by Gasteiger charge is 2.06. The fourth-order valence-corrected chi connectivity index (χ4v) is 1.69. The number of hydrogen-bond acceptors (Lipinski definition) is 3. The third-order valence-corrected chi connectivity index (χ3v) is 3.33. The van der Waals surface area contributed by atoms with Crippen LogP contribution in [0.1, 0.15) is 26.0 Å². The lowest BCUT2D eigenvalue weighted by atomic mass is 10.2. The van der Waals surface area contributed by atoms with Gasteiger partial charge in [-0.1, -0.05) is 6.92 Å². The maximum atomic E-state index is 5.26. The Hall–Kier alpha value is -1.49. The van der Waals surface area contributed by atoms with Crippen LogP contribution in [0.25, 0.3) is 0 Å². The van der Waals surface area contributed by atoms with Crippen LogP contribution in [-0.2, 0) is 6.54 Å². The number of furan rings is 1. The molecule has 0 saturated carbocycles. The van der Waals surface area contributed by atoms with Gasteiger partial charge in [0.1, 0.15) is 5.76 Å². The van der Waals surface area contributed by atoms with Crippen LogP contribution in [-0.4, -0.2) is 44.1 Å². The Bertz CT molecular complexity index is 362. The SMILES string of the molecule is CC[C@@H](C)N(C)CCNC(=NC)NCc1ccco1. The highest BCUT2D eigenvalue weighted by molar-refractivity contribution is 5.79. The Morgan fingerprint density at radius 1 is 1.47 bits per heavy atom. The Kier molecular flexibility index (Phi) is 7.03. The molecule has 1 aromatic rings. The second kappa shape index (κ2) is 8.58. The third-order valence-electron chi connectivity index (χ3n) is 3.33. The number of likely N-dealkylation sites (N-methyl/N-ethyl adjacent to an activating group) is 1. The molecule has 0 aromatic carbocycles. The van der Waals surface area contributed by atoms with Gasteiger partial charge in [0.25, 0.3) is 0 Å². The fraction of sp³-hybridized carbons (Fsp3) is 0.643. The van der Waals surface area contributed by atoms with Crippen LogP contribution in [0.5, 0.6) is 0 Å². The molecule has 0 aliphatic heterocycles. The molecule has 1 aromatic heterocycles. The topological polar surface area (TPSA) is 52.8 Å². The summed E-state index contributed by atoms with van der Waals surface area (Å²) in [6.45, 7) is 6.96. The van der Waals surface area contributed by atoms with Gasteiger partial charge < -0.3 is 20.0 Å². The van der Waals surface area contributed by atoms with E-state index in [9.17, 15) is 0 Å². The average Bonchev–Trinajstić information content (AvgIpc) is 2.94. The van der Waals surface area contributed by atoms with E-state index >= 15 is 0 Å². The molecule has 0 radical (unpaired) electrons. The third kappa shape index (κ3) is 5.79. The van der Waals surface area contributed by atoms with Crippen molar-refractivity contribution < 1.29 is 4.42 Å². The van der Waals surface area contributed by atoms with Crippen molar-refractivity contribution >= 4 is 5.96 Å².